The van der Waals surface area contributed by atoms with Crippen LogP contribution < -0.4 is 0 Å². The molecule has 0 aromatic rings. The lowest BCUT2D eigenvalue weighted by Gasteiger charge is -2.40. The van der Waals surface area contributed by atoms with E-state index in [2.05, 4.69) is 4.90 Å². The molecule has 84 valence electrons. The fourth-order valence-electron chi connectivity index (χ4n) is 3.34. The van der Waals surface area contributed by atoms with Crippen molar-refractivity contribution in [3.05, 3.63) is 0 Å². The Morgan fingerprint density at radius 2 is 2.07 bits per heavy atom. The first kappa shape index (κ1) is 9.75. The number of carbonyl (C=O) groups is 1. The molecule has 0 bridgehead atoms. The lowest BCUT2D eigenvalue weighted by molar-refractivity contribution is -0.134. The highest BCUT2D eigenvalue weighted by molar-refractivity contribution is 5.88. The topological polar surface area (TPSA) is 49.8 Å². The van der Waals surface area contributed by atoms with Crippen LogP contribution in [-0.2, 0) is 9.53 Å². The summed E-state index contributed by atoms with van der Waals surface area (Å²) in [5, 5.41) is 10.0. The zero-order valence-corrected chi connectivity index (χ0v) is 8.76. The summed E-state index contributed by atoms with van der Waals surface area (Å²) >= 11 is 0. The number of ether oxygens (including phenoxy) is 1. The van der Waals surface area contributed by atoms with Crippen molar-refractivity contribution < 1.29 is 14.6 Å². The average Bonchev–Trinajstić information content (AvgIpc) is 2.52. The number of hydrogen-bond donors (Lipinski definition) is 1. The maximum absolute atomic E-state index is 11.3. The monoisotopic (exact) mass is 211 g/mol. The number of fused-ring (bicyclic) bond motifs is 1. The zero-order chi connectivity index (χ0) is 10.4. The highest BCUT2D eigenvalue weighted by atomic mass is 16.5. The summed E-state index contributed by atoms with van der Waals surface area (Å²) in [7, 11) is 0. The van der Waals surface area contributed by atoms with Crippen LogP contribution in [0.15, 0.2) is 0 Å². The second-order valence-corrected chi connectivity index (χ2v) is 4.88. The number of Topliss-reactive ketones (excluding diaryl/α,β-unsaturated/α-hetero) is 1. The second-order valence-electron chi connectivity index (χ2n) is 4.88. The molecule has 4 nitrogen and oxygen atoms in total. The largest absolute Gasteiger partial charge is 0.391 e. The Balaban J connectivity index is 1.72. The molecule has 1 heterocycles. The normalized spacial score (nSPS) is 46.3. The summed E-state index contributed by atoms with van der Waals surface area (Å²) in [4.78, 5) is 13.6. The third-order valence-electron chi connectivity index (χ3n) is 4.16. The molecule has 1 N–H and O–H groups in total. The molecule has 3 aliphatic rings. The van der Waals surface area contributed by atoms with Crippen LogP contribution in [0.2, 0.25) is 0 Å². The minimum Gasteiger partial charge on any atom is -0.391 e. The van der Waals surface area contributed by atoms with Gasteiger partial charge in [0.2, 0.25) is 0 Å². The number of rotatable bonds is 1. The minimum atomic E-state index is -0.301. The van der Waals surface area contributed by atoms with E-state index in [1.807, 2.05) is 0 Å². The minimum absolute atomic E-state index is 0.160. The van der Waals surface area contributed by atoms with Crippen LogP contribution in [0.3, 0.4) is 0 Å². The van der Waals surface area contributed by atoms with Gasteiger partial charge in [0.15, 0.2) is 0 Å². The Kier molecular flexibility index (Phi) is 2.30. The van der Waals surface area contributed by atoms with Gasteiger partial charge in [0.05, 0.1) is 19.3 Å². The van der Waals surface area contributed by atoms with Gasteiger partial charge < -0.3 is 9.84 Å². The summed E-state index contributed by atoms with van der Waals surface area (Å²) < 4.78 is 5.31. The first-order valence-corrected chi connectivity index (χ1v) is 5.80. The van der Waals surface area contributed by atoms with Gasteiger partial charge in [-0.1, -0.05) is 0 Å². The van der Waals surface area contributed by atoms with Crippen molar-refractivity contribution in [1.29, 1.82) is 0 Å². The molecule has 0 aromatic heterocycles. The Labute approximate surface area is 89.2 Å². The SMILES string of the molecule is O=C1CC2C1CC(O)C2N1CCOCC1. The van der Waals surface area contributed by atoms with Crippen LogP contribution in [0.25, 0.3) is 0 Å². The van der Waals surface area contributed by atoms with Crippen LogP contribution in [-0.4, -0.2) is 54.2 Å². The second kappa shape index (κ2) is 3.54. The number of morpholine rings is 1. The van der Waals surface area contributed by atoms with Crippen molar-refractivity contribution in [2.24, 2.45) is 11.8 Å². The van der Waals surface area contributed by atoms with Gasteiger partial charge in [-0.15, -0.1) is 0 Å². The summed E-state index contributed by atoms with van der Waals surface area (Å²) in [6, 6.07) is 0.219. The van der Waals surface area contributed by atoms with Gasteiger partial charge in [0.25, 0.3) is 0 Å². The molecule has 4 heteroatoms. The van der Waals surface area contributed by atoms with Crippen molar-refractivity contribution in [3.8, 4) is 0 Å². The number of aliphatic hydroxyl groups is 1. The van der Waals surface area contributed by atoms with Gasteiger partial charge in [0.1, 0.15) is 5.78 Å². The first-order valence-electron chi connectivity index (χ1n) is 5.80. The smallest absolute Gasteiger partial charge is 0.136 e. The maximum atomic E-state index is 11.3. The van der Waals surface area contributed by atoms with Crippen LogP contribution in [0.4, 0.5) is 0 Å². The Bertz CT molecular complexity index is 275. The Morgan fingerprint density at radius 1 is 1.33 bits per heavy atom. The summed E-state index contributed by atoms with van der Waals surface area (Å²) in [5.74, 6) is 0.938. The van der Waals surface area contributed by atoms with Crippen molar-refractivity contribution in [2.45, 2.75) is 25.0 Å². The van der Waals surface area contributed by atoms with Crippen LogP contribution in [0.5, 0.6) is 0 Å². The van der Waals surface area contributed by atoms with E-state index in [4.69, 9.17) is 4.74 Å². The number of ketones is 1. The average molecular weight is 211 g/mol. The molecule has 2 saturated carbocycles. The van der Waals surface area contributed by atoms with E-state index in [0.717, 1.165) is 26.3 Å². The number of hydrogen-bond acceptors (Lipinski definition) is 4. The van der Waals surface area contributed by atoms with E-state index in [-0.39, 0.29) is 18.1 Å². The van der Waals surface area contributed by atoms with Crippen molar-refractivity contribution in [1.82, 2.24) is 4.90 Å². The molecule has 0 radical (unpaired) electrons. The van der Waals surface area contributed by atoms with E-state index in [9.17, 15) is 9.90 Å². The van der Waals surface area contributed by atoms with Gasteiger partial charge in [-0.2, -0.15) is 0 Å². The molecule has 1 saturated heterocycles. The van der Waals surface area contributed by atoms with Gasteiger partial charge in [-0.05, 0) is 12.3 Å². The molecular formula is C11H17NO3. The molecule has 0 spiro atoms. The Morgan fingerprint density at radius 3 is 2.67 bits per heavy atom. The fraction of sp³-hybridized carbons (Fsp3) is 0.909. The predicted molar refractivity (Wildman–Crippen MR) is 53.4 cm³/mol. The molecule has 1 aliphatic heterocycles. The van der Waals surface area contributed by atoms with E-state index >= 15 is 0 Å². The van der Waals surface area contributed by atoms with Crippen LogP contribution in [0.1, 0.15) is 12.8 Å². The molecular weight excluding hydrogens is 194 g/mol. The molecule has 4 atom stereocenters. The third kappa shape index (κ3) is 1.43. The van der Waals surface area contributed by atoms with Gasteiger partial charge in [0, 0.05) is 31.5 Å². The van der Waals surface area contributed by atoms with E-state index < -0.39 is 0 Å². The highest BCUT2D eigenvalue weighted by Crippen LogP contribution is 2.46. The number of carbonyl (C=O) groups excluding carboxylic acids is 1. The highest BCUT2D eigenvalue weighted by Gasteiger charge is 2.54. The first-order chi connectivity index (χ1) is 7.27. The lowest BCUT2D eigenvalue weighted by Crippen LogP contribution is -2.52. The van der Waals surface area contributed by atoms with Crippen molar-refractivity contribution >= 4 is 5.78 Å². The fourth-order valence-corrected chi connectivity index (χ4v) is 3.34. The van der Waals surface area contributed by atoms with Crippen LogP contribution >= 0.6 is 0 Å². The maximum Gasteiger partial charge on any atom is 0.136 e. The molecule has 0 amide bonds. The zero-order valence-electron chi connectivity index (χ0n) is 8.76. The summed E-state index contributed by atoms with van der Waals surface area (Å²) in [6.07, 6.45) is 1.07. The third-order valence-corrected chi connectivity index (χ3v) is 4.16. The van der Waals surface area contributed by atoms with E-state index in [1.54, 1.807) is 0 Å². The van der Waals surface area contributed by atoms with E-state index in [0.29, 0.717) is 24.5 Å². The van der Waals surface area contributed by atoms with Gasteiger partial charge in [-0.25, -0.2) is 0 Å². The Hall–Kier alpha value is -0.450. The molecule has 3 rings (SSSR count). The molecule has 4 unspecified atom stereocenters. The van der Waals surface area contributed by atoms with Crippen molar-refractivity contribution in [2.75, 3.05) is 26.3 Å². The van der Waals surface area contributed by atoms with E-state index in [1.165, 1.54) is 0 Å². The predicted octanol–water partition coefficient (Wildman–Crippen LogP) is -0.343. The van der Waals surface area contributed by atoms with Crippen LogP contribution in [0, 0.1) is 11.8 Å². The lowest BCUT2D eigenvalue weighted by atomic mass is 9.73. The quantitative estimate of drug-likeness (QED) is 0.644. The van der Waals surface area contributed by atoms with Gasteiger partial charge >= 0.3 is 0 Å². The van der Waals surface area contributed by atoms with Gasteiger partial charge in [-0.3, -0.25) is 9.69 Å². The number of nitrogens with zero attached hydrogens (tertiary/aromatic N) is 1. The molecule has 3 fully saturated rings. The summed E-state index contributed by atoms with van der Waals surface area (Å²) in [6.45, 7) is 3.32. The molecule has 15 heavy (non-hydrogen) atoms. The molecule has 0 aromatic carbocycles. The molecule has 2 aliphatic carbocycles. The summed E-state index contributed by atoms with van der Waals surface area (Å²) in [5.41, 5.74) is 0. The number of aliphatic hydroxyl groups excluding tert-OH is 1. The van der Waals surface area contributed by atoms with Crippen molar-refractivity contribution in [3.63, 3.8) is 0 Å². The standard InChI is InChI=1S/C11H17NO3/c13-9-6-8-7(9)5-10(14)11(8)12-1-3-15-4-2-12/h7-8,10-11,14H,1-6H2.